The molecule has 0 amide bonds. The summed E-state index contributed by atoms with van der Waals surface area (Å²) in [6.07, 6.45) is 1.18. The van der Waals surface area contributed by atoms with Gasteiger partial charge in [0.2, 0.25) is 0 Å². The van der Waals surface area contributed by atoms with Gasteiger partial charge in [-0.3, -0.25) is 0 Å². The van der Waals surface area contributed by atoms with Crippen LogP contribution in [-0.2, 0) is 16.4 Å². The number of hydrogen-bond acceptors (Lipinski definition) is 6. The molecule has 1 aromatic heterocycles. The first kappa shape index (κ1) is 19.1. The second-order valence-corrected chi connectivity index (χ2v) is 8.64. The second-order valence-electron chi connectivity index (χ2n) is 6.62. The zero-order chi connectivity index (χ0) is 19.8. The first-order chi connectivity index (χ1) is 12.7. The van der Waals surface area contributed by atoms with E-state index in [0.29, 0.717) is 17.7 Å². The fourth-order valence-electron chi connectivity index (χ4n) is 2.95. The molecule has 6 nitrogen and oxygen atoms in total. The Hall–Kier alpha value is -2.64. The first-order valence-corrected chi connectivity index (χ1v) is 10.3. The Labute approximate surface area is 157 Å². The highest BCUT2D eigenvalue weighted by molar-refractivity contribution is 7.90. The standard InChI is InChI=1S/C20H21NO5S/c1-12-18(22)9-8-17-15(10-19(23)26-20(12)17)11-21-13(2)14-4-6-16(7-5-14)27(3,24)25/h4-10,13,21-22H,11H2,1-3H3/t13-/m1/s1. The summed E-state index contributed by atoms with van der Waals surface area (Å²) in [6, 6.07) is 11.4. The van der Waals surface area contributed by atoms with Crippen molar-refractivity contribution in [3.8, 4) is 5.75 Å². The van der Waals surface area contributed by atoms with E-state index in [4.69, 9.17) is 4.42 Å². The highest BCUT2D eigenvalue weighted by Crippen LogP contribution is 2.27. The molecule has 2 N–H and O–H groups in total. The zero-order valence-corrected chi connectivity index (χ0v) is 16.1. The van der Waals surface area contributed by atoms with Crippen LogP contribution in [-0.4, -0.2) is 19.8 Å². The van der Waals surface area contributed by atoms with Crippen molar-refractivity contribution in [1.82, 2.24) is 5.32 Å². The smallest absolute Gasteiger partial charge is 0.336 e. The lowest BCUT2D eigenvalue weighted by molar-refractivity contribution is 0.468. The molecule has 0 fully saturated rings. The lowest BCUT2D eigenvalue weighted by atomic mass is 10.0. The molecule has 0 aliphatic heterocycles. The number of nitrogens with one attached hydrogen (secondary N) is 1. The van der Waals surface area contributed by atoms with Crippen molar-refractivity contribution >= 4 is 20.8 Å². The van der Waals surface area contributed by atoms with Gasteiger partial charge in [-0.1, -0.05) is 12.1 Å². The summed E-state index contributed by atoms with van der Waals surface area (Å²) in [5.41, 5.74) is 2.13. The Balaban J connectivity index is 1.84. The van der Waals surface area contributed by atoms with Crippen molar-refractivity contribution in [1.29, 1.82) is 0 Å². The second kappa shape index (κ2) is 7.17. The van der Waals surface area contributed by atoms with E-state index in [-0.39, 0.29) is 16.7 Å². The van der Waals surface area contributed by atoms with Crippen LogP contribution in [0, 0.1) is 6.92 Å². The number of sulfone groups is 1. The van der Waals surface area contributed by atoms with Gasteiger partial charge in [-0.05, 0) is 49.2 Å². The maximum atomic E-state index is 11.9. The van der Waals surface area contributed by atoms with Crippen molar-refractivity contribution in [2.75, 3.05) is 6.26 Å². The molecule has 3 aromatic rings. The summed E-state index contributed by atoms with van der Waals surface area (Å²) in [4.78, 5) is 12.2. The Morgan fingerprint density at radius 2 is 1.81 bits per heavy atom. The molecular weight excluding hydrogens is 366 g/mol. The lowest BCUT2D eigenvalue weighted by Crippen LogP contribution is -2.19. The van der Waals surface area contributed by atoms with Crippen molar-refractivity contribution < 1.29 is 17.9 Å². The van der Waals surface area contributed by atoms with E-state index in [2.05, 4.69) is 5.32 Å². The molecule has 0 bridgehead atoms. The van der Waals surface area contributed by atoms with Crippen LogP contribution in [0.4, 0.5) is 0 Å². The molecular formula is C20H21NO5S. The summed E-state index contributed by atoms with van der Waals surface area (Å²) in [6.45, 7) is 4.07. The van der Waals surface area contributed by atoms with Gasteiger partial charge in [0.15, 0.2) is 9.84 Å². The highest BCUT2D eigenvalue weighted by Gasteiger charge is 2.13. The highest BCUT2D eigenvalue weighted by atomic mass is 32.2. The van der Waals surface area contributed by atoms with Crippen molar-refractivity contribution in [3.63, 3.8) is 0 Å². The molecule has 0 spiro atoms. The average molecular weight is 387 g/mol. The number of hydrogen-bond donors (Lipinski definition) is 2. The fourth-order valence-corrected chi connectivity index (χ4v) is 3.58. The maximum absolute atomic E-state index is 11.9. The fraction of sp³-hybridized carbons (Fsp3) is 0.250. The van der Waals surface area contributed by atoms with Crippen molar-refractivity contribution in [2.45, 2.75) is 31.3 Å². The van der Waals surface area contributed by atoms with Gasteiger partial charge in [0.1, 0.15) is 11.3 Å². The predicted molar refractivity (Wildman–Crippen MR) is 104 cm³/mol. The monoisotopic (exact) mass is 387 g/mol. The third kappa shape index (κ3) is 4.04. The number of aromatic hydroxyl groups is 1. The summed E-state index contributed by atoms with van der Waals surface area (Å²) in [5, 5.41) is 13.9. The molecule has 1 heterocycles. The Bertz CT molecular complexity index is 1150. The number of benzene rings is 2. The predicted octanol–water partition coefficient (Wildman–Crippen LogP) is 3.06. The molecule has 7 heteroatoms. The quantitative estimate of drug-likeness (QED) is 0.653. The van der Waals surface area contributed by atoms with Gasteiger partial charge < -0.3 is 14.8 Å². The Morgan fingerprint density at radius 1 is 1.15 bits per heavy atom. The summed E-state index contributed by atoms with van der Waals surface area (Å²) >= 11 is 0. The number of phenols is 1. The molecule has 0 aliphatic carbocycles. The molecule has 142 valence electrons. The molecule has 0 saturated heterocycles. The van der Waals surface area contributed by atoms with Crippen LogP contribution >= 0.6 is 0 Å². The van der Waals surface area contributed by atoms with Gasteiger partial charge in [-0.15, -0.1) is 0 Å². The van der Waals surface area contributed by atoms with Crippen LogP contribution in [0.25, 0.3) is 11.0 Å². The van der Waals surface area contributed by atoms with Gasteiger partial charge in [-0.25, -0.2) is 13.2 Å². The topological polar surface area (TPSA) is 96.6 Å². The summed E-state index contributed by atoms with van der Waals surface area (Å²) in [5.74, 6) is 0.0788. The van der Waals surface area contributed by atoms with E-state index in [0.717, 1.165) is 16.5 Å². The average Bonchev–Trinajstić information content (AvgIpc) is 2.62. The van der Waals surface area contributed by atoms with Gasteiger partial charge >= 0.3 is 5.63 Å². The minimum atomic E-state index is -3.22. The Kier molecular flexibility index (Phi) is 5.08. The van der Waals surface area contributed by atoms with E-state index in [1.807, 2.05) is 6.92 Å². The van der Waals surface area contributed by atoms with Crippen LogP contribution in [0.3, 0.4) is 0 Å². The SMILES string of the molecule is Cc1c(O)ccc2c(CN[C@H](C)c3ccc(S(C)(=O)=O)cc3)cc(=O)oc12. The van der Waals surface area contributed by atoms with Gasteiger partial charge in [-0.2, -0.15) is 0 Å². The van der Waals surface area contributed by atoms with Crippen LogP contribution in [0.2, 0.25) is 0 Å². The van der Waals surface area contributed by atoms with E-state index >= 15 is 0 Å². The molecule has 3 rings (SSSR count). The van der Waals surface area contributed by atoms with Gasteiger partial charge in [0.05, 0.1) is 4.90 Å². The first-order valence-electron chi connectivity index (χ1n) is 8.45. The molecule has 0 radical (unpaired) electrons. The molecule has 0 unspecified atom stereocenters. The number of fused-ring (bicyclic) bond motifs is 1. The van der Waals surface area contributed by atoms with E-state index in [9.17, 15) is 18.3 Å². The third-order valence-electron chi connectivity index (χ3n) is 4.62. The number of phenolic OH excluding ortho intramolecular Hbond substituents is 1. The van der Waals surface area contributed by atoms with Crippen LogP contribution in [0.1, 0.15) is 29.7 Å². The molecule has 1 atom stereocenters. The Morgan fingerprint density at radius 3 is 2.44 bits per heavy atom. The van der Waals surface area contributed by atoms with Crippen molar-refractivity contribution in [3.05, 3.63) is 69.6 Å². The van der Waals surface area contributed by atoms with Crippen molar-refractivity contribution in [2.24, 2.45) is 0 Å². The third-order valence-corrected chi connectivity index (χ3v) is 5.75. The maximum Gasteiger partial charge on any atom is 0.336 e. The molecule has 27 heavy (non-hydrogen) atoms. The van der Waals surface area contributed by atoms with Gasteiger partial charge in [0, 0.05) is 35.9 Å². The van der Waals surface area contributed by atoms with Crippen LogP contribution in [0.5, 0.6) is 5.75 Å². The molecule has 0 aliphatic rings. The normalized spacial score (nSPS) is 13.0. The summed E-state index contributed by atoms with van der Waals surface area (Å²) < 4.78 is 28.4. The number of rotatable bonds is 5. The van der Waals surface area contributed by atoms with Gasteiger partial charge in [0.25, 0.3) is 0 Å². The molecule has 0 saturated carbocycles. The van der Waals surface area contributed by atoms with E-state index < -0.39 is 15.5 Å². The van der Waals surface area contributed by atoms with E-state index in [1.54, 1.807) is 43.3 Å². The lowest BCUT2D eigenvalue weighted by Gasteiger charge is -2.16. The minimum absolute atomic E-state index is 0.0564. The zero-order valence-electron chi connectivity index (χ0n) is 15.3. The van der Waals surface area contributed by atoms with Crippen LogP contribution < -0.4 is 10.9 Å². The summed E-state index contributed by atoms with van der Waals surface area (Å²) in [7, 11) is -3.22. The minimum Gasteiger partial charge on any atom is -0.508 e. The largest absolute Gasteiger partial charge is 0.508 e. The van der Waals surface area contributed by atoms with E-state index in [1.165, 1.54) is 12.3 Å². The molecule has 2 aromatic carbocycles. The number of aryl methyl sites for hydroxylation is 1. The van der Waals surface area contributed by atoms with Crippen LogP contribution in [0.15, 0.2) is 56.6 Å².